The Bertz CT molecular complexity index is 538. The standard InChI is InChI=1S/C14H23NO3S/c1-6-10(3)15-19(16,17)14-9-8-13(18-7-2)11(4)12(14)5/h8-10,15H,6-7H2,1-5H3/t10-/m0/s1. The highest BCUT2D eigenvalue weighted by Gasteiger charge is 2.20. The number of rotatable bonds is 6. The fraction of sp³-hybridized carbons (Fsp3) is 0.571. The Kier molecular flexibility index (Phi) is 5.38. The van der Waals surface area contributed by atoms with Gasteiger partial charge in [-0.2, -0.15) is 0 Å². The van der Waals surface area contributed by atoms with Crippen LogP contribution in [0.4, 0.5) is 0 Å². The molecule has 1 aromatic carbocycles. The van der Waals surface area contributed by atoms with E-state index < -0.39 is 10.0 Å². The highest BCUT2D eigenvalue weighted by atomic mass is 32.2. The maximum atomic E-state index is 12.3. The molecule has 0 saturated carbocycles. The average Bonchev–Trinajstić information content (AvgIpc) is 2.34. The van der Waals surface area contributed by atoms with Crippen molar-refractivity contribution in [3.8, 4) is 5.75 Å². The molecule has 108 valence electrons. The predicted octanol–water partition coefficient (Wildman–Crippen LogP) is 2.78. The highest BCUT2D eigenvalue weighted by Crippen LogP contribution is 2.27. The monoisotopic (exact) mass is 285 g/mol. The zero-order chi connectivity index (χ0) is 14.6. The molecule has 5 heteroatoms. The van der Waals surface area contributed by atoms with Crippen molar-refractivity contribution in [2.75, 3.05) is 6.61 Å². The molecule has 0 fully saturated rings. The molecule has 0 unspecified atom stereocenters. The van der Waals surface area contributed by atoms with Gasteiger partial charge in [0.05, 0.1) is 11.5 Å². The number of hydrogen-bond acceptors (Lipinski definition) is 3. The quantitative estimate of drug-likeness (QED) is 0.874. The largest absolute Gasteiger partial charge is 0.494 e. The van der Waals surface area contributed by atoms with Crippen molar-refractivity contribution in [3.05, 3.63) is 23.3 Å². The van der Waals surface area contributed by atoms with E-state index in [0.717, 1.165) is 23.3 Å². The topological polar surface area (TPSA) is 55.4 Å². The van der Waals surface area contributed by atoms with Crippen molar-refractivity contribution in [3.63, 3.8) is 0 Å². The number of sulfonamides is 1. The summed E-state index contributed by atoms with van der Waals surface area (Å²) in [5, 5.41) is 0. The lowest BCUT2D eigenvalue weighted by atomic mass is 10.1. The van der Waals surface area contributed by atoms with Crippen LogP contribution in [0.25, 0.3) is 0 Å². The van der Waals surface area contributed by atoms with Crippen LogP contribution in [0.5, 0.6) is 5.75 Å². The van der Waals surface area contributed by atoms with Crippen LogP contribution < -0.4 is 9.46 Å². The number of benzene rings is 1. The molecule has 0 aliphatic heterocycles. The van der Waals surface area contributed by atoms with Crippen LogP contribution in [0.2, 0.25) is 0 Å². The zero-order valence-corrected chi connectivity index (χ0v) is 13.1. The Morgan fingerprint density at radius 1 is 1.21 bits per heavy atom. The summed E-state index contributed by atoms with van der Waals surface area (Å²) < 4.78 is 32.7. The van der Waals surface area contributed by atoms with Crippen LogP contribution in [0.1, 0.15) is 38.3 Å². The summed E-state index contributed by atoms with van der Waals surface area (Å²) in [5.74, 6) is 0.738. The highest BCUT2D eigenvalue weighted by molar-refractivity contribution is 7.89. The van der Waals surface area contributed by atoms with Gasteiger partial charge in [0.25, 0.3) is 0 Å². The Hall–Kier alpha value is -1.07. The van der Waals surface area contributed by atoms with E-state index >= 15 is 0 Å². The maximum Gasteiger partial charge on any atom is 0.241 e. The van der Waals surface area contributed by atoms with E-state index in [2.05, 4.69) is 4.72 Å². The molecule has 1 atom stereocenters. The van der Waals surface area contributed by atoms with Gasteiger partial charge in [0.1, 0.15) is 5.75 Å². The minimum atomic E-state index is -3.46. The van der Waals surface area contributed by atoms with Gasteiger partial charge in [-0.05, 0) is 57.4 Å². The van der Waals surface area contributed by atoms with Crippen molar-refractivity contribution in [2.45, 2.75) is 52.0 Å². The van der Waals surface area contributed by atoms with Gasteiger partial charge in [0, 0.05) is 6.04 Å². The van der Waals surface area contributed by atoms with Crippen molar-refractivity contribution in [1.29, 1.82) is 0 Å². The molecule has 0 radical (unpaired) electrons. The minimum absolute atomic E-state index is 0.0729. The van der Waals surface area contributed by atoms with Gasteiger partial charge in [-0.3, -0.25) is 0 Å². The van der Waals surface area contributed by atoms with Gasteiger partial charge in [-0.25, -0.2) is 13.1 Å². The summed E-state index contributed by atoms with van der Waals surface area (Å²) in [5.41, 5.74) is 1.61. The van der Waals surface area contributed by atoms with E-state index in [1.807, 2.05) is 34.6 Å². The second-order valence-electron chi connectivity index (χ2n) is 4.68. The van der Waals surface area contributed by atoms with Crippen molar-refractivity contribution in [2.24, 2.45) is 0 Å². The lowest BCUT2D eigenvalue weighted by Crippen LogP contribution is -2.32. The molecule has 1 aromatic rings. The van der Waals surface area contributed by atoms with Crippen LogP contribution >= 0.6 is 0 Å². The van der Waals surface area contributed by atoms with Gasteiger partial charge in [0.2, 0.25) is 10.0 Å². The van der Waals surface area contributed by atoms with Crippen LogP contribution in [-0.2, 0) is 10.0 Å². The molecule has 0 aliphatic rings. The third kappa shape index (κ3) is 3.70. The molecule has 0 heterocycles. The number of hydrogen-bond donors (Lipinski definition) is 1. The molecule has 1 rings (SSSR count). The average molecular weight is 285 g/mol. The zero-order valence-electron chi connectivity index (χ0n) is 12.3. The molecular weight excluding hydrogens is 262 g/mol. The molecular formula is C14H23NO3S. The van der Waals surface area contributed by atoms with Gasteiger partial charge >= 0.3 is 0 Å². The number of nitrogens with one attached hydrogen (secondary N) is 1. The van der Waals surface area contributed by atoms with Crippen LogP contribution in [0, 0.1) is 13.8 Å². The summed E-state index contributed by atoms with van der Waals surface area (Å²) in [7, 11) is -3.46. The molecule has 0 spiro atoms. The third-order valence-electron chi connectivity index (χ3n) is 3.25. The first-order valence-electron chi connectivity index (χ1n) is 6.58. The predicted molar refractivity (Wildman–Crippen MR) is 77.2 cm³/mol. The van der Waals surface area contributed by atoms with Crippen molar-refractivity contribution in [1.82, 2.24) is 4.72 Å². The fourth-order valence-electron chi connectivity index (χ4n) is 1.79. The molecule has 0 bridgehead atoms. The third-order valence-corrected chi connectivity index (χ3v) is 4.98. The van der Waals surface area contributed by atoms with Crippen LogP contribution in [-0.4, -0.2) is 21.1 Å². The first-order valence-corrected chi connectivity index (χ1v) is 8.07. The second-order valence-corrected chi connectivity index (χ2v) is 6.36. The van der Waals surface area contributed by atoms with E-state index in [4.69, 9.17) is 4.74 Å². The smallest absolute Gasteiger partial charge is 0.241 e. The molecule has 0 aromatic heterocycles. The fourth-order valence-corrected chi connectivity index (χ4v) is 3.41. The Morgan fingerprint density at radius 2 is 1.84 bits per heavy atom. The van der Waals surface area contributed by atoms with Gasteiger partial charge < -0.3 is 4.74 Å². The lowest BCUT2D eigenvalue weighted by molar-refractivity contribution is 0.337. The first-order chi connectivity index (χ1) is 8.83. The van der Waals surface area contributed by atoms with E-state index in [-0.39, 0.29) is 6.04 Å². The molecule has 0 saturated heterocycles. The van der Waals surface area contributed by atoms with E-state index in [1.54, 1.807) is 12.1 Å². The minimum Gasteiger partial charge on any atom is -0.494 e. The molecule has 19 heavy (non-hydrogen) atoms. The van der Waals surface area contributed by atoms with Crippen LogP contribution in [0.15, 0.2) is 17.0 Å². The molecule has 4 nitrogen and oxygen atoms in total. The summed E-state index contributed by atoms with van der Waals surface area (Å²) in [4.78, 5) is 0.328. The number of ether oxygens (including phenoxy) is 1. The van der Waals surface area contributed by atoms with Crippen LogP contribution in [0.3, 0.4) is 0 Å². The summed E-state index contributed by atoms with van der Waals surface area (Å²) in [6.07, 6.45) is 0.758. The van der Waals surface area contributed by atoms with E-state index in [1.165, 1.54) is 0 Å². The Balaban J connectivity index is 3.18. The SMILES string of the molecule is CCOc1ccc(S(=O)(=O)N[C@@H](C)CC)c(C)c1C. The van der Waals surface area contributed by atoms with Crippen molar-refractivity contribution >= 4 is 10.0 Å². The van der Waals surface area contributed by atoms with Gasteiger partial charge in [-0.1, -0.05) is 6.92 Å². The van der Waals surface area contributed by atoms with Gasteiger partial charge in [-0.15, -0.1) is 0 Å². The van der Waals surface area contributed by atoms with Crippen molar-refractivity contribution < 1.29 is 13.2 Å². The summed E-state index contributed by atoms with van der Waals surface area (Å²) >= 11 is 0. The molecule has 0 amide bonds. The molecule has 1 N–H and O–H groups in total. The first kappa shape index (κ1) is 16.0. The van der Waals surface area contributed by atoms with Gasteiger partial charge in [0.15, 0.2) is 0 Å². The lowest BCUT2D eigenvalue weighted by Gasteiger charge is -2.16. The molecule has 0 aliphatic carbocycles. The Morgan fingerprint density at radius 3 is 2.37 bits per heavy atom. The second kappa shape index (κ2) is 6.39. The maximum absolute atomic E-state index is 12.3. The van der Waals surface area contributed by atoms with E-state index in [9.17, 15) is 8.42 Å². The summed E-state index contributed by atoms with van der Waals surface area (Å²) in [6.45, 7) is 9.96. The summed E-state index contributed by atoms with van der Waals surface area (Å²) in [6, 6.07) is 3.26. The van der Waals surface area contributed by atoms with E-state index in [0.29, 0.717) is 11.5 Å². The normalized spacial score (nSPS) is 13.3. The Labute approximate surface area is 116 Å².